The van der Waals surface area contributed by atoms with Crippen LogP contribution in [0.5, 0.6) is 0 Å². The molecule has 0 aliphatic heterocycles. The molecule has 0 N–H and O–H groups in total. The lowest BCUT2D eigenvalue weighted by Crippen LogP contribution is -2.17. The molecule has 0 radical (unpaired) electrons. The third-order valence-electron chi connectivity index (χ3n) is 2.80. The summed E-state index contributed by atoms with van der Waals surface area (Å²) in [6.07, 6.45) is 0. The highest BCUT2D eigenvalue weighted by atomic mass is 79.9. The molecule has 0 aliphatic carbocycles. The van der Waals surface area contributed by atoms with Crippen molar-refractivity contribution in [2.24, 2.45) is 11.8 Å². The van der Waals surface area contributed by atoms with Gasteiger partial charge in [-0.25, -0.2) is 0 Å². The van der Waals surface area contributed by atoms with Gasteiger partial charge in [-0.1, -0.05) is 48.3 Å². The van der Waals surface area contributed by atoms with Crippen LogP contribution in [0.25, 0.3) is 0 Å². The molecule has 1 unspecified atom stereocenters. The van der Waals surface area contributed by atoms with Crippen molar-refractivity contribution in [1.82, 2.24) is 0 Å². The van der Waals surface area contributed by atoms with Crippen LogP contribution in [0, 0.1) is 18.8 Å². The minimum atomic E-state index is 0.0723. The zero-order chi connectivity index (χ0) is 11.6. The van der Waals surface area contributed by atoms with Crippen LogP contribution in [-0.2, 0) is 0 Å². The number of aryl methyl sites for hydroxylation is 1. The molecule has 1 aromatic rings. The van der Waals surface area contributed by atoms with E-state index >= 15 is 0 Å². The van der Waals surface area contributed by atoms with Gasteiger partial charge in [-0.2, -0.15) is 0 Å². The summed E-state index contributed by atoms with van der Waals surface area (Å²) in [5, 5.41) is 0. The molecule has 0 saturated carbocycles. The molecule has 1 atom stereocenters. The Bertz CT molecular complexity index is 369. The fourth-order valence-corrected chi connectivity index (χ4v) is 1.82. The van der Waals surface area contributed by atoms with Crippen LogP contribution in [-0.4, -0.2) is 5.78 Å². The van der Waals surface area contributed by atoms with Gasteiger partial charge in [-0.15, -0.1) is 0 Å². The van der Waals surface area contributed by atoms with Gasteiger partial charge < -0.3 is 0 Å². The largest absolute Gasteiger partial charge is 0.294 e. The zero-order valence-corrected chi connectivity index (χ0v) is 11.3. The first-order valence-electron chi connectivity index (χ1n) is 5.24. The van der Waals surface area contributed by atoms with Crippen molar-refractivity contribution in [2.75, 3.05) is 0 Å². The fraction of sp³-hybridized carbons (Fsp3) is 0.462. The van der Waals surface area contributed by atoms with Crippen LogP contribution in [0.4, 0.5) is 0 Å². The average Bonchev–Trinajstić information content (AvgIpc) is 2.19. The lowest BCUT2D eigenvalue weighted by atomic mass is 9.89. The first-order valence-corrected chi connectivity index (χ1v) is 6.03. The summed E-state index contributed by atoms with van der Waals surface area (Å²) < 4.78 is 0.894. The van der Waals surface area contributed by atoms with E-state index in [1.807, 2.05) is 32.0 Å². The first-order chi connectivity index (χ1) is 6.93. The van der Waals surface area contributed by atoms with Gasteiger partial charge in [0, 0.05) is 16.0 Å². The summed E-state index contributed by atoms with van der Waals surface area (Å²) in [6.45, 7) is 8.14. The van der Waals surface area contributed by atoms with Gasteiger partial charge in [0.25, 0.3) is 0 Å². The Morgan fingerprint density at radius 3 is 2.40 bits per heavy atom. The smallest absolute Gasteiger partial charge is 0.167 e. The highest BCUT2D eigenvalue weighted by Gasteiger charge is 2.20. The van der Waals surface area contributed by atoms with E-state index < -0.39 is 0 Å². The maximum Gasteiger partial charge on any atom is 0.167 e. The molecule has 1 nitrogen and oxygen atoms in total. The molecule has 2 heteroatoms. The summed E-state index contributed by atoms with van der Waals surface area (Å²) in [5.74, 6) is 0.675. The van der Waals surface area contributed by atoms with E-state index in [2.05, 4.69) is 29.8 Å². The molecule has 0 fully saturated rings. The number of hydrogen-bond donors (Lipinski definition) is 0. The second-order valence-corrected chi connectivity index (χ2v) is 5.23. The Hall–Kier alpha value is -0.630. The van der Waals surface area contributed by atoms with E-state index in [9.17, 15) is 4.79 Å². The minimum absolute atomic E-state index is 0.0723. The number of hydrogen-bond acceptors (Lipinski definition) is 1. The molecule has 82 valence electrons. The van der Waals surface area contributed by atoms with E-state index in [0.29, 0.717) is 5.92 Å². The van der Waals surface area contributed by atoms with Crippen LogP contribution in [0.2, 0.25) is 0 Å². The van der Waals surface area contributed by atoms with Crippen molar-refractivity contribution in [2.45, 2.75) is 27.7 Å². The van der Waals surface area contributed by atoms with Crippen molar-refractivity contribution in [3.8, 4) is 0 Å². The maximum atomic E-state index is 12.1. The monoisotopic (exact) mass is 268 g/mol. The highest BCUT2D eigenvalue weighted by molar-refractivity contribution is 9.10. The number of Topliss-reactive ketones (excluding diaryl/α,β-unsaturated/α-hetero) is 1. The summed E-state index contributed by atoms with van der Waals surface area (Å²) >= 11 is 3.43. The maximum absolute atomic E-state index is 12.1. The highest BCUT2D eigenvalue weighted by Crippen LogP contribution is 2.24. The van der Waals surface area contributed by atoms with Crippen LogP contribution in [0.15, 0.2) is 22.7 Å². The number of carbonyl (C=O) groups excluding carboxylic acids is 1. The molecule has 0 aliphatic rings. The first kappa shape index (κ1) is 12.4. The van der Waals surface area contributed by atoms with Gasteiger partial charge in [0.1, 0.15) is 0 Å². The molecule has 0 bridgehead atoms. The predicted octanol–water partition coefficient (Wildman–Crippen LogP) is 4.23. The van der Waals surface area contributed by atoms with Gasteiger partial charge in [0.05, 0.1) is 0 Å². The second-order valence-electron chi connectivity index (χ2n) is 4.38. The Morgan fingerprint density at radius 2 is 1.87 bits per heavy atom. The van der Waals surface area contributed by atoms with Crippen molar-refractivity contribution in [1.29, 1.82) is 0 Å². The molecule has 15 heavy (non-hydrogen) atoms. The van der Waals surface area contributed by atoms with Crippen molar-refractivity contribution in [3.05, 3.63) is 33.8 Å². The van der Waals surface area contributed by atoms with Gasteiger partial charge in [-0.05, 0) is 25.0 Å². The van der Waals surface area contributed by atoms with Crippen LogP contribution >= 0.6 is 15.9 Å². The van der Waals surface area contributed by atoms with E-state index in [0.717, 1.165) is 15.6 Å². The summed E-state index contributed by atoms with van der Waals surface area (Å²) in [7, 11) is 0. The minimum Gasteiger partial charge on any atom is -0.294 e. The summed E-state index contributed by atoms with van der Waals surface area (Å²) in [5.41, 5.74) is 1.92. The zero-order valence-electron chi connectivity index (χ0n) is 9.67. The number of halogens is 1. The standard InChI is InChI=1S/C13H17BrO/c1-8(2)10(4)13(15)11-7-9(3)5-6-12(11)14/h5-8,10H,1-4H3. The Kier molecular flexibility index (Phi) is 4.09. The Labute approximate surface area is 100 Å². The van der Waals surface area contributed by atoms with Crippen LogP contribution < -0.4 is 0 Å². The molecule has 0 heterocycles. The number of ketones is 1. The van der Waals surface area contributed by atoms with Crippen molar-refractivity contribution in [3.63, 3.8) is 0 Å². The lowest BCUT2D eigenvalue weighted by Gasteiger charge is -2.15. The van der Waals surface area contributed by atoms with E-state index in [1.165, 1.54) is 0 Å². The van der Waals surface area contributed by atoms with E-state index in [4.69, 9.17) is 0 Å². The van der Waals surface area contributed by atoms with Crippen molar-refractivity contribution >= 4 is 21.7 Å². The number of rotatable bonds is 3. The number of benzene rings is 1. The van der Waals surface area contributed by atoms with E-state index in [-0.39, 0.29) is 11.7 Å². The van der Waals surface area contributed by atoms with Crippen LogP contribution in [0.3, 0.4) is 0 Å². The molecule has 0 saturated heterocycles. The molecule has 0 spiro atoms. The molecular formula is C13H17BrO. The molecule has 1 rings (SSSR count). The number of carbonyl (C=O) groups is 1. The SMILES string of the molecule is Cc1ccc(Br)c(C(=O)C(C)C(C)C)c1. The molecule has 1 aromatic carbocycles. The normalized spacial score (nSPS) is 12.9. The van der Waals surface area contributed by atoms with Gasteiger partial charge in [0.2, 0.25) is 0 Å². The third kappa shape index (κ3) is 2.91. The quantitative estimate of drug-likeness (QED) is 0.750. The van der Waals surface area contributed by atoms with Crippen LogP contribution in [0.1, 0.15) is 36.7 Å². The molecule has 0 aromatic heterocycles. The van der Waals surface area contributed by atoms with Gasteiger partial charge in [-0.3, -0.25) is 4.79 Å². The second kappa shape index (κ2) is 4.93. The van der Waals surface area contributed by atoms with Gasteiger partial charge >= 0.3 is 0 Å². The Morgan fingerprint density at radius 1 is 1.27 bits per heavy atom. The van der Waals surface area contributed by atoms with Gasteiger partial charge in [0.15, 0.2) is 5.78 Å². The fourth-order valence-electron chi connectivity index (χ4n) is 1.38. The summed E-state index contributed by atoms with van der Waals surface area (Å²) in [4.78, 5) is 12.1. The third-order valence-corrected chi connectivity index (χ3v) is 3.49. The van der Waals surface area contributed by atoms with Crippen molar-refractivity contribution < 1.29 is 4.79 Å². The lowest BCUT2D eigenvalue weighted by molar-refractivity contribution is 0.0899. The predicted molar refractivity (Wildman–Crippen MR) is 67.2 cm³/mol. The average molecular weight is 269 g/mol. The Balaban J connectivity index is 3.05. The molecule has 0 amide bonds. The topological polar surface area (TPSA) is 17.1 Å². The molecular weight excluding hydrogens is 252 g/mol. The van der Waals surface area contributed by atoms with E-state index in [1.54, 1.807) is 0 Å². The summed E-state index contributed by atoms with van der Waals surface area (Å²) in [6, 6.07) is 5.89.